The number of hydrogen-bond acceptors (Lipinski definition) is 8. The van der Waals surface area contributed by atoms with E-state index >= 15 is 0 Å². The van der Waals surface area contributed by atoms with Gasteiger partial charge in [0.25, 0.3) is 0 Å². The molecule has 0 saturated heterocycles. The quantitative estimate of drug-likeness (QED) is 0.524. The maximum Gasteiger partial charge on any atom is 0.511 e. The first-order valence-electron chi connectivity index (χ1n) is 6.87. The van der Waals surface area contributed by atoms with Crippen LogP contribution in [-0.2, 0) is 30.4 Å². The highest BCUT2D eigenvalue weighted by molar-refractivity contribution is 7.98. The lowest BCUT2D eigenvalue weighted by Crippen LogP contribution is -2.62. The number of nitrogens with two attached hydrogens (primary N) is 1. The Hall–Kier alpha value is -2.26. The van der Waals surface area contributed by atoms with Gasteiger partial charge in [-0.3, -0.25) is 10.5 Å². The van der Waals surface area contributed by atoms with Crippen LogP contribution in [0.2, 0.25) is 0 Å². The van der Waals surface area contributed by atoms with Gasteiger partial charge in [-0.1, -0.05) is 30.3 Å². The van der Waals surface area contributed by atoms with Crippen LogP contribution in [0, 0.1) is 0 Å². The van der Waals surface area contributed by atoms with Crippen molar-refractivity contribution in [3.63, 3.8) is 0 Å². The number of ether oxygens (including phenoxy) is 3. The lowest BCUT2D eigenvalue weighted by atomic mass is 10.1. The molecule has 1 aromatic carbocycles. The second kappa shape index (κ2) is 9.14. The van der Waals surface area contributed by atoms with E-state index in [1.54, 1.807) is 36.6 Å². The summed E-state index contributed by atoms with van der Waals surface area (Å²) in [5, 5.41) is 9.32. The average Bonchev–Trinajstić information content (AvgIpc) is 2.53. The van der Waals surface area contributed by atoms with Crippen LogP contribution < -0.4 is 5.73 Å². The van der Waals surface area contributed by atoms with E-state index < -0.39 is 29.9 Å². The monoisotopic (exact) mass is 357 g/mol. The molecule has 0 aliphatic heterocycles. The predicted octanol–water partition coefficient (Wildman–Crippen LogP) is 1.37. The van der Waals surface area contributed by atoms with Gasteiger partial charge in [0.15, 0.2) is 6.10 Å². The van der Waals surface area contributed by atoms with Gasteiger partial charge in [-0.25, -0.2) is 9.59 Å². The van der Waals surface area contributed by atoms with Crippen LogP contribution in [0.15, 0.2) is 30.3 Å². The first-order chi connectivity index (χ1) is 11.3. The zero-order chi connectivity index (χ0) is 18.2. The van der Waals surface area contributed by atoms with E-state index in [0.29, 0.717) is 5.56 Å². The predicted molar refractivity (Wildman–Crippen MR) is 86.2 cm³/mol. The summed E-state index contributed by atoms with van der Waals surface area (Å²) in [6.45, 7) is 0.986. The first-order valence-corrected chi connectivity index (χ1v) is 8.27. The first kappa shape index (κ1) is 19.8. The van der Waals surface area contributed by atoms with Crippen molar-refractivity contribution in [3.8, 4) is 0 Å². The molecule has 0 heterocycles. The van der Waals surface area contributed by atoms with Crippen LogP contribution in [0.4, 0.5) is 4.79 Å². The third kappa shape index (κ3) is 5.74. The molecule has 0 fully saturated rings. The van der Waals surface area contributed by atoms with E-state index in [1.165, 1.54) is 11.8 Å². The van der Waals surface area contributed by atoms with E-state index in [1.807, 2.05) is 0 Å². The van der Waals surface area contributed by atoms with E-state index in [-0.39, 0.29) is 12.4 Å². The Morgan fingerprint density at radius 2 is 1.92 bits per heavy atom. The fourth-order valence-electron chi connectivity index (χ4n) is 1.73. The average molecular weight is 357 g/mol. The molecule has 9 heteroatoms. The molecular formula is C15H19NO7S. The van der Waals surface area contributed by atoms with Crippen LogP contribution in [0.25, 0.3) is 0 Å². The number of carbonyl (C=O) groups is 3. The van der Waals surface area contributed by atoms with Crippen molar-refractivity contribution in [1.82, 2.24) is 0 Å². The molecule has 132 valence electrons. The highest BCUT2D eigenvalue weighted by Crippen LogP contribution is 2.19. The Morgan fingerprint density at radius 3 is 2.42 bits per heavy atom. The summed E-state index contributed by atoms with van der Waals surface area (Å²) in [7, 11) is 0. The molecule has 1 aromatic rings. The fraction of sp³-hybridized carbons (Fsp3) is 0.400. The van der Waals surface area contributed by atoms with Crippen LogP contribution in [0.3, 0.4) is 0 Å². The minimum absolute atomic E-state index is 0.0222. The number of esters is 1. The SMILES string of the molecule is CSCC(OC(C)=O)C(N)(OC(=O)OCc1ccccc1)C(=O)O. The minimum atomic E-state index is -2.55. The molecule has 0 aromatic heterocycles. The van der Waals surface area contributed by atoms with Crippen molar-refractivity contribution < 1.29 is 33.7 Å². The molecule has 3 N–H and O–H groups in total. The smallest absolute Gasteiger partial charge is 0.477 e. The molecule has 0 saturated carbocycles. The third-order valence-corrected chi connectivity index (χ3v) is 3.53. The highest BCUT2D eigenvalue weighted by Gasteiger charge is 2.49. The number of carboxylic acid groups (broad SMARTS) is 1. The maximum atomic E-state index is 11.8. The van der Waals surface area contributed by atoms with Crippen LogP contribution >= 0.6 is 11.8 Å². The van der Waals surface area contributed by atoms with Gasteiger partial charge >= 0.3 is 23.8 Å². The summed E-state index contributed by atoms with van der Waals surface area (Å²) in [5.41, 5.74) is 3.81. The summed E-state index contributed by atoms with van der Waals surface area (Å²) < 4.78 is 14.5. The van der Waals surface area contributed by atoms with Gasteiger partial charge in [-0.2, -0.15) is 11.8 Å². The van der Waals surface area contributed by atoms with E-state index in [0.717, 1.165) is 6.92 Å². The topological polar surface area (TPSA) is 125 Å². The van der Waals surface area contributed by atoms with Crippen LogP contribution in [0.1, 0.15) is 12.5 Å². The summed E-state index contributed by atoms with van der Waals surface area (Å²) in [5.74, 6) is -2.38. The fourth-order valence-corrected chi connectivity index (χ4v) is 2.35. The summed E-state index contributed by atoms with van der Waals surface area (Å²) in [4.78, 5) is 34.4. The molecule has 1 rings (SSSR count). The molecule has 2 unspecified atom stereocenters. The zero-order valence-corrected chi connectivity index (χ0v) is 14.1. The van der Waals surface area contributed by atoms with E-state index in [4.69, 9.17) is 19.9 Å². The Morgan fingerprint density at radius 1 is 1.29 bits per heavy atom. The molecule has 0 aliphatic carbocycles. The molecule has 8 nitrogen and oxygen atoms in total. The molecule has 0 radical (unpaired) electrons. The maximum absolute atomic E-state index is 11.8. The number of benzene rings is 1. The Bertz CT molecular complexity index is 580. The van der Waals surface area contributed by atoms with E-state index in [2.05, 4.69) is 0 Å². The lowest BCUT2D eigenvalue weighted by molar-refractivity contribution is -0.183. The second-order valence-corrected chi connectivity index (χ2v) is 5.69. The summed E-state index contributed by atoms with van der Waals surface area (Å²) in [6, 6.07) is 8.74. The normalized spacial score (nSPS) is 14.1. The van der Waals surface area contributed by atoms with Crippen molar-refractivity contribution in [2.75, 3.05) is 12.0 Å². The van der Waals surface area contributed by atoms with Gasteiger partial charge in [0, 0.05) is 12.7 Å². The second-order valence-electron chi connectivity index (χ2n) is 4.78. The largest absolute Gasteiger partial charge is 0.511 e. The molecule has 0 amide bonds. The van der Waals surface area contributed by atoms with Gasteiger partial charge in [-0.15, -0.1) is 0 Å². The molecule has 0 aliphatic rings. The number of aliphatic carboxylic acids is 1. The number of carboxylic acids is 1. The highest BCUT2D eigenvalue weighted by atomic mass is 32.2. The van der Waals surface area contributed by atoms with Crippen molar-refractivity contribution >= 4 is 29.9 Å². The van der Waals surface area contributed by atoms with Crippen molar-refractivity contribution in [2.24, 2.45) is 5.73 Å². The zero-order valence-electron chi connectivity index (χ0n) is 13.3. The molecule has 0 bridgehead atoms. The van der Waals surface area contributed by atoms with E-state index in [9.17, 15) is 19.5 Å². The molecule has 2 atom stereocenters. The number of hydrogen-bond donors (Lipinski definition) is 2. The van der Waals surface area contributed by atoms with Gasteiger partial charge < -0.3 is 19.3 Å². The lowest BCUT2D eigenvalue weighted by Gasteiger charge is -2.31. The Kier molecular flexibility index (Phi) is 7.53. The van der Waals surface area contributed by atoms with Crippen molar-refractivity contribution in [1.29, 1.82) is 0 Å². The number of thioether (sulfide) groups is 1. The standard InChI is InChI=1S/C15H19NO7S/c1-10(17)22-12(9-24-2)15(16,13(18)19)23-14(20)21-8-11-6-4-3-5-7-11/h3-7,12H,8-9,16H2,1-2H3,(H,18,19). The summed E-state index contributed by atoms with van der Waals surface area (Å²) >= 11 is 1.18. The van der Waals surface area contributed by atoms with Gasteiger partial charge in [0.1, 0.15) is 6.61 Å². The Labute approximate surface area is 143 Å². The van der Waals surface area contributed by atoms with Crippen molar-refractivity contribution in [2.45, 2.75) is 25.4 Å². The third-order valence-electron chi connectivity index (χ3n) is 2.89. The number of rotatable bonds is 8. The minimum Gasteiger partial charge on any atom is -0.477 e. The number of carbonyl (C=O) groups excluding carboxylic acids is 2. The molecular weight excluding hydrogens is 338 g/mol. The van der Waals surface area contributed by atoms with Crippen LogP contribution in [0.5, 0.6) is 0 Å². The van der Waals surface area contributed by atoms with Crippen LogP contribution in [-0.4, -0.2) is 47.0 Å². The Balaban J connectivity index is 2.79. The summed E-state index contributed by atoms with van der Waals surface area (Å²) in [6.07, 6.45) is -0.985. The van der Waals surface area contributed by atoms with Gasteiger partial charge in [0.05, 0.1) is 0 Å². The van der Waals surface area contributed by atoms with Crippen molar-refractivity contribution in [3.05, 3.63) is 35.9 Å². The molecule has 24 heavy (non-hydrogen) atoms. The van der Waals surface area contributed by atoms with Gasteiger partial charge in [0.2, 0.25) is 0 Å². The van der Waals surface area contributed by atoms with Gasteiger partial charge in [-0.05, 0) is 11.8 Å². The molecule has 0 spiro atoms.